The number of carbonyl (C=O) groups is 2. The van der Waals surface area contributed by atoms with E-state index >= 15 is 0 Å². The van der Waals surface area contributed by atoms with Crippen LogP contribution in [0.5, 0.6) is 0 Å². The van der Waals surface area contributed by atoms with Crippen LogP contribution >= 0.6 is 11.8 Å². The number of amides is 2. The summed E-state index contributed by atoms with van der Waals surface area (Å²) in [6, 6.07) is 8.21. The molecule has 0 radical (unpaired) electrons. The van der Waals surface area contributed by atoms with Crippen LogP contribution in [0.1, 0.15) is 19.4 Å². The molecule has 0 aliphatic carbocycles. The Balaban J connectivity index is 2.06. The molecule has 5 nitrogen and oxygen atoms in total. The highest BCUT2D eigenvalue weighted by molar-refractivity contribution is 7.99. The molecule has 1 aromatic carbocycles. The molecule has 1 aliphatic rings. The molecule has 1 heterocycles. The number of thioether (sulfide) groups is 1. The fourth-order valence-electron chi connectivity index (χ4n) is 2.06. The Labute approximate surface area is 134 Å². The largest absolute Gasteiger partial charge is 0.324 e. The number of hydrogen-bond donors (Lipinski definition) is 1. The third-order valence-electron chi connectivity index (χ3n) is 3.16. The van der Waals surface area contributed by atoms with E-state index in [9.17, 15) is 9.59 Å². The number of rotatable bonds is 3. The second-order valence-electron chi connectivity index (χ2n) is 5.22. The van der Waals surface area contributed by atoms with E-state index in [-0.39, 0.29) is 11.8 Å². The monoisotopic (exact) mass is 315 g/mol. The van der Waals surface area contributed by atoms with Crippen molar-refractivity contribution in [3.63, 3.8) is 0 Å². The van der Waals surface area contributed by atoms with Crippen molar-refractivity contribution in [2.75, 3.05) is 16.9 Å². The van der Waals surface area contributed by atoms with Crippen LogP contribution < -0.4 is 5.32 Å². The van der Waals surface area contributed by atoms with Gasteiger partial charge in [0.2, 0.25) is 11.8 Å². The minimum absolute atomic E-state index is 0.134. The lowest BCUT2D eigenvalue weighted by atomic mass is 10.2. The van der Waals surface area contributed by atoms with Crippen LogP contribution in [0.25, 0.3) is 0 Å². The molecular weight excluding hydrogens is 298 g/mol. The van der Waals surface area contributed by atoms with E-state index in [0.717, 1.165) is 5.57 Å². The smallest absolute Gasteiger partial charge is 0.248 e. The molecule has 1 aliphatic heterocycles. The van der Waals surface area contributed by atoms with E-state index in [2.05, 4.69) is 5.32 Å². The average Bonchev–Trinajstić information content (AvgIpc) is 2.97. The maximum atomic E-state index is 12.4. The van der Waals surface area contributed by atoms with Crippen LogP contribution in [0.4, 0.5) is 5.69 Å². The SMILES string of the molecule is CC(C)=CC(=O)N1CSC[C@@H]1C(=O)Nc1ccc(C#N)cc1. The Kier molecular flexibility index (Phi) is 5.23. The summed E-state index contributed by atoms with van der Waals surface area (Å²) in [5.74, 6) is 0.772. The molecule has 0 bridgehead atoms. The Bertz CT molecular complexity index is 642. The lowest BCUT2D eigenvalue weighted by Crippen LogP contribution is -2.44. The maximum Gasteiger partial charge on any atom is 0.248 e. The summed E-state index contributed by atoms with van der Waals surface area (Å²) in [6.07, 6.45) is 1.55. The van der Waals surface area contributed by atoms with Crippen LogP contribution in [0, 0.1) is 11.3 Å². The molecule has 1 atom stereocenters. The first-order valence-electron chi connectivity index (χ1n) is 6.85. The van der Waals surface area contributed by atoms with Crippen LogP contribution in [0.2, 0.25) is 0 Å². The quantitative estimate of drug-likeness (QED) is 0.869. The fourth-order valence-corrected chi connectivity index (χ4v) is 3.22. The number of nitriles is 1. The first kappa shape index (κ1) is 16.1. The van der Waals surface area contributed by atoms with Crippen LogP contribution in [-0.2, 0) is 9.59 Å². The standard InChI is InChI=1S/C16H17N3O2S/c1-11(2)7-15(20)19-10-22-9-14(19)16(21)18-13-5-3-12(8-17)4-6-13/h3-7,14H,9-10H2,1-2H3,(H,18,21)/t14-/m1/s1. The molecule has 2 rings (SSSR count). The minimum atomic E-state index is -0.469. The van der Waals surface area contributed by atoms with Gasteiger partial charge in [0.15, 0.2) is 0 Å². The Morgan fingerprint density at radius 2 is 2.05 bits per heavy atom. The Hall–Kier alpha value is -2.26. The van der Waals surface area contributed by atoms with Gasteiger partial charge in [0.1, 0.15) is 6.04 Å². The molecule has 1 fully saturated rings. The van der Waals surface area contributed by atoms with E-state index in [0.29, 0.717) is 22.9 Å². The van der Waals surface area contributed by atoms with Gasteiger partial charge in [0.05, 0.1) is 17.5 Å². The van der Waals surface area contributed by atoms with Crippen molar-refractivity contribution in [1.29, 1.82) is 5.26 Å². The van der Waals surface area contributed by atoms with Crippen molar-refractivity contribution in [1.82, 2.24) is 4.90 Å². The number of allylic oxidation sites excluding steroid dienone is 1. The van der Waals surface area contributed by atoms with Gasteiger partial charge in [-0.25, -0.2) is 0 Å². The van der Waals surface area contributed by atoms with Crippen molar-refractivity contribution in [3.8, 4) is 6.07 Å². The number of hydrogen-bond acceptors (Lipinski definition) is 4. The molecule has 0 unspecified atom stereocenters. The molecule has 2 amide bonds. The zero-order chi connectivity index (χ0) is 16.1. The first-order valence-corrected chi connectivity index (χ1v) is 8.01. The highest BCUT2D eigenvalue weighted by Gasteiger charge is 2.33. The molecule has 1 saturated heterocycles. The number of carbonyl (C=O) groups excluding carboxylic acids is 2. The molecule has 1 N–H and O–H groups in total. The second kappa shape index (κ2) is 7.14. The summed E-state index contributed by atoms with van der Waals surface area (Å²) in [5.41, 5.74) is 2.07. The molecule has 0 aromatic heterocycles. The topological polar surface area (TPSA) is 73.2 Å². The van der Waals surface area contributed by atoms with Gasteiger partial charge in [0, 0.05) is 17.5 Å². The predicted molar refractivity (Wildman–Crippen MR) is 87.2 cm³/mol. The van der Waals surface area contributed by atoms with Crippen molar-refractivity contribution >= 4 is 29.3 Å². The molecule has 22 heavy (non-hydrogen) atoms. The lowest BCUT2D eigenvalue weighted by Gasteiger charge is -2.22. The van der Waals surface area contributed by atoms with E-state index < -0.39 is 6.04 Å². The number of anilines is 1. The highest BCUT2D eigenvalue weighted by Crippen LogP contribution is 2.23. The van der Waals surface area contributed by atoms with Crippen molar-refractivity contribution < 1.29 is 9.59 Å². The molecule has 1 aromatic rings. The maximum absolute atomic E-state index is 12.4. The molecule has 114 valence electrons. The third kappa shape index (κ3) is 3.89. The van der Waals surface area contributed by atoms with Crippen LogP contribution in [0.3, 0.4) is 0 Å². The summed E-state index contributed by atoms with van der Waals surface area (Å²) in [6.45, 7) is 3.71. The van der Waals surface area contributed by atoms with Gasteiger partial charge >= 0.3 is 0 Å². The van der Waals surface area contributed by atoms with Gasteiger partial charge in [-0.2, -0.15) is 5.26 Å². The number of nitrogens with zero attached hydrogens (tertiary/aromatic N) is 2. The minimum Gasteiger partial charge on any atom is -0.324 e. The lowest BCUT2D eigenvalue weighted by molar-refractivity contribution is -0.132. The van der Waals surface area contributed by atoms with Crippen LogP contribution in [0.15, 0.2) is 35.9 Å². The third-order valence-corrected chi connectivity index (χ3v) is 4.17. The van der Waals surface area contributed by atoms with Gasteiger partial charge in [0.25, 0.3) is 0 Å². The van der Waals surface area contributed by atoms with Gasteiger partial charge in [-0.05, 0) is 38.1 Å². The van der Waals surface area contributed by atoms with Crippen molar-refractivity contribution in [2.45, 2.75) is 19.9 Å². The van der Waals surface area contributed by atoms with Gasteiger partial charge < -0.3 is 10.2 Å². The highest BCUT2D eigenvalue weighted by atomic mass is 32.2. The number of benzene rings is 1. The molecule has 6 heteroatoms. The average molecular weight is 315 g/mol. The number of nitrogens with one attached hydrogen (secondary N) is 1. The Morgan fingerprint density at radius 3 is 2.64 bits per heavy atom. The molecule has 0 saturated carbocycles. The van der Waals surface area contributed by atoms with E-state index in [4.69, 9.17) is 5.26 Å². The summed E-state index contributed by atoms with van der Waals surface area (Å²) < 4.78 is 0. The summed E-state index contributed by atoms with van der Waals surface area (Å²) in [4.78, 5) is 26.1. The zero-order valence-corrected chi connectivity index (χ0v) is 13.3. The molecular formula is C16H17N3O2S. The first-order chi connectivity index (χ1) is 10.5. The zero-order valence-electron chi connectivity index (χ0n) is 12.5. The van der Waals surface area contributed by atoms with Gasteiger partial charge in [-0.1, -0.05) is 5.57 Å². The van der Waals surface area contributed by atoms with E-state index in [1.54, 1.807) is 47.0 Å². The van der Waals surface area contributed by atoms with Gasteiger partial charge in [-0.3, -0.25) is 9.59 Å². The van der Waals surface area contributed by atoms with Crippen molar-refractivity contribution in [3.05, 3.63) is 41.5 Å². The summed E-state index contributed by atoms with van der Waals surface area (Å²) >= 11 is 1.56. The fraction of sp³-hybridized carbons (Fsp3) is 0.312. The second-order valence-corrected chi connectivity index (χ2v) is 6.22. The normalized spacial score (nSPS) is 16.8. The van der Waals surface area contributed by atoms with Gasteiger partial charge in [-0.15, -0.1) is 11.8 Å². The summed E-state index contributed by atoms with van der Waals surface area (Å²) in [5, 5.41) is 11.6. The Morgan fingerprint density at radius 1 is 1.36 bits per heavy atom. The van der Waals surface area contributed by atoms with Crippen LogP contribution in [-0.4, -0.2) is 34.4 Å². The van der Waals surface area contributed by atoms with E-state index in [1.165, 1.54) is 0 Å². The predicted octanol–water partition coefficient (Wildman–Crippen LogP) is 2.36. The van der Waals surface area contributed by atoms with Crippen molar-refractivity contribution in [2.24, 2.45) is 0 Å². The van der Waals surface area contributed by atoms with E-state index in [1.807, 2.05) is 19.9 Å². The molecule has 0 spiro atoms. The summed E-state index contributed by atoms with van der Waals surface area (Å²) in [7, 11) is 0.